The molecule has 0 atom stereocenters. The van der Waals surface area contributed by atoms with Crippen LogP contribution in [-0.2, 0) is 0 Å². The Balaban J connectivity index is 2.25. The molecule has 0 aliphatic carbocycles. The van der Waals surface area contributed by atoms with Crippen LogP contribution in [0.3, 0.4) is 0 Å². The van der Waals surface area contributed by atoms with E-state index in [0.717, 1.165) is 18.2 Å². The Labute approximate surface area is 123 Å². The zero-order valence-electron chi connectivity index (χ0n) is 9.52. The van der Waals surface area contributed by atoms with Crippen molar-refractivity contribution in [3.05, 3.63) is 55.4 Å². The van der Waals surface area contributed by atoms with Gasteiger partial charge < -0.3 is 5.32 Å². The van der Waals surface area contributed by atoms with E-state index in [1.54, 1.807) is 0 Å². The maximum atomic E-state index is 13.5. The van der Waals surface area contributed by atoms with Gasteiger partial charge in [-0.1, -0.05) is 27.3 Å². The van der Waals surface area contributed by atoms with Gasteiger partial charge in [-0.2, -0.15) is 0 Å². The van der Waals surface area contributed by atoms with Crippen LogP contribution in [0.25, 0.3) is 0 Å². The molecule has 1 N–H and O–H groups in total. The molecule has 20 heavy (non-hydrogen) atoms. The van der Waals surface area contributed by atoms with Crippen LogP contribution < -0.4 is 5.32 Å². The first kappa shape index (κ1) is 14.5. The smallest absolute Gasteiger partial charge is 0.316 e. The lowest BCUT2D eigenvalue weighted by molar-refractivity contribution is -0.380. The highest BCUT2D eigenvalue weighted by atomic mass is 79.9. The molecule has 0 saturated heterocycles. The molecule has 104 valence electrons. The van der Waals surface area contributed by atoms with E-state index >= 15 is 0 Å². The number of thiophene rings is 1. The summed E-state index contributed by atoms with van der Waals surface area (Å²) >= 11 is 3.53. The summed E-state index contributed by atoms with van der Waals surface area (Å²) in [6, 6.07) is 4.35. The normalized spacial score (nSPS) is 10.3. The summed E-state index contributed by atoms with van der Waals surface area (Å²) < 4.78 is 27.3. The fourth-order valence-corrected chi connectivity index (χ4v) is 2.50. The molecule has 0 aliphatic rings. The zero-order chi connectivity index (χ0) is 14.9. The number of rotatable bonds is 3. The molecule has 1 amide bonds. The summed E-state index contributed by atoms with van der Waals surface area (Å²) in [6.45, 7) is 0. The van der Waals surface area contributed by atoms with Gasteiger partial charge in [0, 0.05) is 10.5 Å². The fraction of sp³-hybridized carbons (Fsp3) is 0. The zero-order valence-corrected chi connectivity index (χ0v) is 11.9. The average Bonchev–Trinajstić information content (AvgIpc) is 2.83. The van der Waals surface area contributed by atoms with Crippen molar-refractivity contribution in [3.63, 3.8) is 0 Å². The topological polar surface area (TPSA) is 72.2 Å². The first-order valence-corrected chi connectivity index (χ1v) is 6.69. The minimum Gasteiger partial charge on any atom is -0.316 e. The quantitative estimate of drug-likeness (QED) is 0.663. The Morgan fingerprint density at radius 1 is 1.30 bits per heavy atom. The number of amides is 1. The van der Waals surface area contributed by atoms with Gasteiger partial charge in [-0.25, -0.2) is 8.78 Å². The van der Waals surface area contributed by atoms with Crippen LogP contribution in [0, 0.1) is 21.7 Å². The predicted octanol–water partition coefficient (Wildman–Crippen LogP) is 3.95. The van der Waals surface area contributed by atoms with Crippen molar-refractivity contribution < 1.29 is 18.5 Å². The highest BCUT2D eigenvalue weighted by Crippen LogP contribution is 2.27. The Morgan fingerprint density at radius 2 is 1.90 bits per heavy atom. The van der Waals surface area contributed by atoms with E-state index in [2.05, 4.69) is 21.2 Å². The molecule has 0 aliphatic heterocycles. The largest absolute Gasteiger partial charge is 0.324 e. The van der Waals surface area contributed by atoms with Crippen LogP contribution in [0.15, 0.2) is 28.7 Å². The van der Waals surface area contributed by atoms with E-state index in [0.29, 0.717) is 11.3 Å². The number of carbonyl (C=O) groups excluding carboxylic acids is 1. The van der Waals surface area contributed by atoms with E-state index in [-0.39, 0.29) is 14.4 Å². The molecular weight excluding hydrogens is 358 g/mol. The van der Waals surface area contributed by atoms with Gasteiger partial charge in [-0.3, -0.25) is 14.9 Å². The standard InChI is InChI=1S/C11H5BrF2N2O3S/c12-5-3-6(13)10(7(14)4-5)15-11(17)8-1-2-9(20-8)16(18)19/h1-4H,(H,15,17). The maximum Gasteiger partial charge on any atom is 0.324 e. The Bertz CT molecular complexity index is 682. The van der Waals surface area contributed by atoms with Crippen molar-refractivity contribution in [1.82, 2.24) is 0 Å². The predicted molar refractivity (Wildman–Crippen MR) is 73.0 cm³/mol. The van der Waals surface area contributed by atoms with Crippen molar-refractivity contribution in [2.45, 2.75) is 0 Å². The van der Waals surface area contributed by atoms with E-state index in [1.165, 1.54) is 6.07 Å². The van der Waals surface area contributed by atoms with Gasteiger partial charge in [0.1, 0.15) is 5.69 Å². The molecular formula is C11H5BrF2N2O3S. The maximum absolute atomic E-state index is 13.5. The van der Waals surface area contributed by atoms with Crippen LogP contribution in [0.5, 0.6) is 0 Å². The number of benzene rings is 1. The average molecular weight is 363 g/mol. The monoisotopic (exact) mass is 362 g/mol. The summed E-state index contributed by atoms with van der Waals surface area (Å²) in [7, 11) is 0. The van der Waals surface area contributed by atoms with E-state index < -0.39 is 28.2 Å². The number of nitrogens with zero attached hydrogens (tertiary/aromatic N) is 1. The summed E-state index contributed by atoms with van der Waals surface area (Å²) in [4.78, 5) is 21.6. The van der Waals surface area contributed by atoms with Crippen molar-refractivity contribution in [1.29, 1.82) is 0 Å². The first-order chi connectivity index (χ1) is 9.38. The Morgan fingerprint density at radius 3 is 2.40 bits per heavy atom. The number of nitro groups is 1. The van der Waals surface area contributed by atoms with Gasteiger partial charge >= 0.3 is 5.00 Å². The number of hydrogen-bond donors (Lipinski definition) is 1. The Kier molecular flexibility index (Phi) is 4.09. The minimum atomic E-state index is -0.948. The highest BCUT2D eigenvalue weighted by molar-refractivity contribution is 9.10. The second-order valence-corrected chi connectivity index (χ2v) is 5.57. The van der Waals surface area contributed by atoms with Gasteiger partial charge in [-0.15, -0.1) is 0 Å². The molecule has 1 aromatic carbocycles. The molecule has 5 nitrogen and oxygen atoms in total. The molecule has 0 fully saturated rings. The molecule has 0 radical (unpaired) electrons. The summed E-state index contributed by atoms with van der Waals surface area (Å²) in [5.41, 5.74) is -0.603. The van der Waals surface area contributed by atoms with Crippen LogP contribution in [0.4, 0.5) is 19.5 Å². The van der Waals surface area contributed by atoms with E-state index in [9.17, 15) is 23.7 Å². The van der Waals surface area contributed by atoms with Crippen LogP contribution in [0.1, 0.15) is 9.67 Å². The number of anilines is 1. The molecule has 0 spiro atoms. The molecule has 0 saturated carbocycles. The Hall–Kier alpha value is -1.87. The van der Waals surface area contributed by atoms with Gasteiger partial charge in [0.2, 0.25) is 0 Å². The lowest BCUT2D eigenvalue weighted by Crippen LogP contribution is -2.13. The fourth-order valence-electron chi connectivity index (χ4n) is 1.38. The molecule has 9 heteroatoms. The number of carbonyl (C=O) groups is 1. The van der Waals surface area contributed by atoms with Crippen LogP contribution >= 0.6 is 27.3 Å². The minimum absolute atomic E-state index is 0.0154. The number of nitrogens with one attached hydrogen (secondary N) is 1. The SMILES string of the molecule is O=C(Nc1c(F)cc(Br)cc1F)c1ccc([N+](=O)[O-])s1. The lowest BCUT2D eigenvalue weighted by atomic mass is 10.3. The van der Waals surface area contributed by atoms with Gasteiger partial charge in [-0.05, 0) is 18.2 Å². The second kappa shape index (κ2) is 5.63. The van der Waals surface area contributed by atoms with Crippen LogP contribution in [-0.4, -0.2) is 10.8 Å². The first-order valence-electron chi connectivity index (χ1n) is 5.08. The second-order valence-electron chi connectivity index (χ2n) is 3.59. The van der Waals surface area contributed by atoms with Crippen molar-refractivity contribution in [2.24, 2.45) is 0 Å². The third-order valence-electron chi connectivity index (χ3n) is 2.24. The molecule has 0 unspecified atom stereocenters. The molecule has 2 rings (SSSR count). The lowest BCUT2D eigenvalue weighted by Gasteiger charge is -2.06. The third-order valence-corrected chi connectivity index (χ3v) is 3.73. The summed E-state index contributed by atoms with van der Waals surface area (Å²) in [5, 5.41) is 12.3. The number of hydrogen-bond acceptors (Lipinski definition) is 4. The molecule has 0 bridgehead atoms. The van der Waals surface area contributed by atoms with Crippen molar-refractivity contribution in [2.75, 3.05) is 5.32 Å². The summed E-state index contributed by atoms with van der Waals surface area (Å²) in [5.74, 6) is -2.71. The van der Waals surface area contributed by atoms with Crippen molar-refractivity contribution in [3.8, 4) is 0 Å². The number of halogens is 3. The summed E-state index contributed by atoms with van der Waals surface area (Å²) in [6.07, 6.45) is 0. The van der Waals surface area contributed by atoms with Crippen molar-refractivity contribution >= 4 is 43.9 Å². The molecule has 2 aromatic rings. The third kappa shape index (κ3) is 2.99. The van der Waals surface area contributed by atoms with Gasteiger partial charge in [0.25, 0.3) is 5.91 Å². The van der Waals surface area contributed by atoms with Gasteiger partial charge in [0.05, 0.1) is 9.80 Å². The highest BCUT2D eigenvalue weighted by Gasteiger charge is 2.18. The van der Waals surface area contributed by atoms with E-state index in [1.807, 2.05) is 0 Å². The molecule has 1 aromatic heterocycles. The van der Waals surface area contributed by atoms with Crippen LogP contribution in [0.2, 0.25) is 0 Å². The van der Waals surface area contributed by atoms with Gasteiger partial charge in [0.15, 0.2) is 11.6 Å². The molecule has 1 heterocycles. The van der Waals surface area contributed by atoms with E-state index in [4.69, 9.17) is 0 Å².